The number of benzene rings is 1. The maximum atomic E-state index is 14.0. The first-order chi connectivity index (χ1) is 10.7. The summed E-state index contributed by atoms with van der Waals surface area (Å²) in [5, 5.41) is 8.22. The summed E-state index contributed by atoms with van der Waals surface area (Å²) in [4.78, 5) is 6.41. The van der Waals surface area contributed by atoms with Crippen molar-refractivity contribution in [3.8, 4) is 0 Å². The third-order valence-corrected chi connectivity index (χ3v) is 4.59. The number of hydrogen-bond acceptors (Lipinski definition) is 4. The highest BCUT2D eigenvalue weighted by atomic mass is 79.9. The quantitative estimate of drug-likeness (QED) is 0.809. The lowest BCUT2D eigenvalue weighted by Crippen LogP contribution is -2.46. The first kappa shape index (κ1) is 15.6. The van der Waals surface area contributed by atoms with Gasteiger partial charge < -0.3 is 0 Å². The van der Waals surface area contributed by atoms with Crippen LogP contribution in [0.3, 0.4) is 0 Å². The summed E-state index contributed by atoms with van der Waals surface area (Å²) < 4.78 is 14.5. The molecule has 1 aromatic heterocycles. The minimum Gasteiger partial charge on any atom is -0.299 e. The van der Waals surface area contributed by atoms with Crippen LogP contribution in [0.5, 0.6) is 0 Å². The molecule has 0 N–H and O–H groups in total. The monoisotopic (exact) mass is 367 g/mol. The van der Waals surface area contributed by atoms with E-state index in [0.29, 0.717) is 11.0 Å². The summed E-state index contributed by atoms with van der Waals surface area (Å²) in [5.74, 6) is -0.144. The topological polar surface area (TPSA) is 37.2 Å². The summed E-state index contributed by atoms with van der Waals surface area (Å²) in [6, 6.07) is 5.48. The number of nitrogens with zero attached hydrogens (tertiary/aromatic N) is 5. The van der Waals surface area contributed by atoms with Gasteiger partial charge in [0.1, 0.15) is 5.82 Å². The average Bonchev–Trinajstić information content (AvgIpc) is 3.05. The van der Waals surface area contributed by atoms with E-state index >= 15 is 0 Å². The predicted molar refractivity (Wildman–Crippen MR) is 85.8 cm³/mol. The Labute approximate surface area is 137 Å². The molecule has 0 atom stereocenters. The zero-order valence-electron chi connectivity index (χ0n) is 12.3. The molecule has 118 valence electrons. The number of halogens is 2. The van der Waals surface area contributed by atoms with Crippen LogP contribution in [0.2, 0.25) is 0 Å². The Kier molecular flexibility index (Phi) is 5.17. The summed E-state index contributed by atoms with van der Waals surface area (Å²) in [6.45, 7) is 6.34. The van der Waals surface area contributed by atoms with Crippen LogP contribution in [0.15, 0.2) is 35.1 Å². The van der Waals surface area contributed by atoms with E-state index in [1.54, 1.807) is 23.3 Å². The summed E-state index contributed by atoms with van der Waals surface area (Å²) in [7, 11) is 0. The van der Waals surface area contributed by atoms with E-state index in [0.717, 1.165) is 44.8 Å². The Balaban J connectivity index is 1.46. The molecule has 5 nitrogen and oxygen atoms in total. The molecule has 1 aromatic carbocycles. The molecular weight excluding hydrogens is 349 g/mol. The second-order valence-corrected chi connectivity index (χ2v) is 6.31. The van der Waals surface area contributed by atoms with Crippen molar-refractivity contribution in [3.63, 3.8) is 0 Å². The Morgan fingerprint density at radius 1 is 1.00 bits per heavy atom. The third-order valence-electron chi connectivity index (χ3n) is 3.97. The van der Waals surface area contributed by atoms with Crippen molar-refractivity contribution in [2.24, 2.45) is 0 Å². The van der Waals surface area contributed by atoms with Gasteiger partial charge in [-0.1, -0.05) is 12.1 Å². The van der Waals surface area contributed by atoms with Gasteiger partial charge in [0, 0.05) is 44.8 Å². The fourth-order valence-corrected chi connectivity index (χ4v) is 3.08. The van der Waals surface area contributed by atoms with Gasteiger partial charge in [0.25, 0.3) is 0 Å². The molecule has 1 aliphatic rings. The third kappa shape index (κ3) is 3.91. The zero-order valence-corrected chi connectivity index (χ0v) is 13.9. The molecule has 1 saturated heterocycles. The van der Waals surface area contributed by atoms with E-state index in [1.165, 1.54) is 0 Å². The lowest BCUT2D eigenvalue weighted by molar-refractivity contribution is 0.121. The van der Waals surface area contributed by atoms with E-state index in [4.69, 9.17) is 0 Å². The largest absolute Gasteiger partial charge is 0.299 e. The van der Waals surface area contributed by atoms with Crippen molar-refractivity contribution in [1.82, 2.24) is 24.8 Å². The molecule has 1 fully saturated rings. The van der Waals surface area contributed by atoms with Crippen LogP contribution in [0.4, 0.5) is 4.39 Å². The SMILES string of the molecule is Fc1c(Br)cccc1CN1CCN(CCn2nccn2)CC1. The highest BCUT2D eigenvalue weighted by Crippen LogP contribution is 2.20. The molecule has 0 saturated carbocycles. The van der Waals surface area contributed by atoms with E-state index in [-0.39, 0.29) is 5.82 Å². The molecule has 2 aromatic rings. The van der Waals surface area contributed by atoms with Crippen LogP contribution < -0.4 is 0 Å². The Morgan fingerprint density at radius 3 is 2.41 bits per heavy atom. The van der Waals surface area contributed by atoms with E-state index < -0.39 is 0 Å². The van der Waals surface area contributed by atoms with Gasteiger partial charge in [0.05, 0.1) is 23.4 Å². The molecule has 0 spiro atoms. The van der Waals surface area contributed by atoms with Gasteiger partial charge in [-0.25, -0.2) is 4.39 Å². The standard InChI is InChI=1S/C15H19BrFN5/c16-14-3-1-2-13(15(14)17)12-21-8-6-20(7-9-21)10-11-22-18-4-5-19-22/h1-5H,6-12H2. The first-order valence-corrected chi connectivity index (χ1v) is 8.23. The molecule has 1 aliphatic heterocycles. The van der Waals surface area contributed by atoms with Gasteiger partial charge in [-0.3, -0.25) is 9.80 Å². The van der Waals surface area contributed by atoms with Gasteiger partial charge in [0.15, 0.2) is 0 Å². The van der Waals surface area contributed by atoms with Gasteiger partial charge in [0.2, 0.25) is 0 Å². The molecular formula is C15H19BrFN5. The number of aromatic nitrogens is 3. The van der Waals surface area contributed by atoms with Crippen LogP contribution >= 0.6 is 15.9 Å². The van der Waals surface area contributed by atoms with Crippen molar-refractivity contribution in [3.05, 3.63) is 46.4 Å². The Bertz CT molecular complexity index is 596. The molecule has 0 unspecified atom stereocenters. The van der Waals surface area contributed by atoms with Crippen LogP contribution in [0.1, 0.15) is 5.56 Å². The lowest BCUT2D eigenvalue weighted by Gasteiger charge is -2.34. The predicted octanol–water partition coefficient (Wildman–Crippen LogP) is 2.00. The number of piperazine rings is 1. The molecule has 2 heterocycles. The normalized spacial score (nSPS) is 17.0. The van der Waals surface area contributed by atoms with Crippen LogP contribution in [-0.2, 0) is 13.1 Å². The Hall–Kier alpha value is -1.31. The maximum absolute atomic E-state index is 14.0. The smallest absolute Gasteiger partial charge is 0.141 e. The molecule has 0 aliphatic carbocycles. The van der Waals surface area contributed by atoms with Gasteiger partial charge in [-0.05, 0) is 22.0 Å². The van der Waals surface area contributed by atoms with Gasteiger partial charge >= 0.3 is 0 Å². The summed E-state index contributed by atoms with van der Waals surface area (Å²) >= 11 is 3.24. The average molecular weight is 368 g/mol. The molecule has 0 radical (unpaired) electrons. The first-order valence-electron chi connectivity index (χ1n) is 7.44. The fourth-order valence-electron chi connectivity index (χ4n) is 2.67. The molecule has 0 bridgehead atoms. The summed E-state index contributed by atoms with van der Waals surface area (Å²) in [6.07, 6.45) is 3.40. The highest BCUT2D eigenvalue weighted by molar-refractivity contribution is 9.10. The van der Waals surface area contributed by atoms with E-state index in [2.05, 4.69) is 35.9 Å². The molecule has 0 amide bonds. The molecule has 22 heavy (non-hydrogen) atoms. The maximum Gasteiger partial charge on any atom is 0.141 e. The van der Waals surface area contributed by atoms with Crippen LogP contribution in [-0.4, -0.2) is 57.5 Å². The van der Waals surface area contributed by atoms with Crippen molar-refractivity contribution >= 4 is 15.9 Å². The minimum atomic E-state index is -0.144. The minimum absolute atomic E-state index is 0.144. The van der Waals surface area contributed by atoms with Crippen molar-refractivity contribution < 1.29 is 4.39 Å². The molecule has 3 rings (SSSR count). The summed E-state index contributed by atoms with van der Waals surface area (Å²) in [5.41, 5.74) is 0.753. The van der Waals surface area contributed by atoms with E-state index in [9.17, 15) is 4.39 Å². The fraction of sp³-hybridized carbons (Fsp3) is 0.467. The van der Waals surface area contributed by atoms with Gasteiger partial charge in [-0.2, -0.15) is 15.0 Å². The zero-order chi connectivity index (χ0) is 15.4. The molecule has 7 heteroatoms. The second kappa shape index (κ2) is 7.30. The highest BCUT2D eigenvalue weighted by Gasteiger charge is 2.18. The van der Waals surface area contributed by atoms with E-state index in [1.807, 2.05) is 12.1 Å². The van der Waals surface area contributed by atoms with Crippen molar-refractivity contribution in [1.29, 1.82) is 0 Å². The van der Waals surface area contributed by atoms with Crippen LogP contribution in [0.25, 0.3) is 0 Å². The van der Waals surface area contributed by atoms with Crippen molar-refractivity contribution in [2.75, 3.05) is 32.7 Å². The lowest BCUT2D eigenvalue weighted by atomic mass is 10.2. The van der Waals surface area contributed by atoms with Gasteiger partial charge in [-0.15, -0.1) is 0 Å². The van der Waals surface area contributed by atoms with Crippen LogP contribution in [0, 0.1) is 5.82 Å². The number of hydrogen-bond donors (Lipinski definition) is 0. The Morgan fingerprint density at radius 2 is 1.68 bits per heavy atom. The number of rotatable bonds is 5. The van der Waals surface area contributed by atoms with Crippen molar-refractivity contribution in [2.45, 2.75) is 13.1 Å². The second-order valence-electron chi connectivity index (χ2n) is 5.46.